The van der Waals surface area contributed by atoms with Gasteiger partial charge in [0, 0.05) is 17.7 Å². The summed E-state index contributed by atoms with van der Waals surface area (Å²) < 4.78 is 5.30. The summed E-state index contributed by atoms with van der Waals surface area (Å²) in [5.41, 5.74) is 3.00. The minimum atomic E-state index is -0.134. The standard InChI is InChI=1S/C18H23N3O2/c1-13-7-9-14(10-8-13)17-11-16(23-21-17)12-19-18(22)20-15-5-3-2-4-6-15/h7-11,15H,2-6,12H2,1H3,(H2,19,20,22). The van der Waals surface area contributed by atoms with Gasteiger partial charge in [-0.15, -0.1) is 0 Å². The first-order valence-electron chi connectivity index (χ1n) is 8.28. The Bertz CT molecular complexity index is 643. The van der Waals surface area contributed by atoms with Crippen LogP contribution in [0.15, 0.2) is 34.9 Å². The van der Waals surface area contributed by atoms with Crippen LogP contribution < -0.4 is 10.6 Å². The van der Waals surface area contributed by atoms with Crippen molar-refractivity contribution in [1.82, 2.24) is 15.8 Å². The molecule has 2 N–H and O–H groups in total. The first kappa shape index (κ1) is 15.6. The lowest BCUT2D eigenvalue weighted by Crippen LogP contribution is -2.42. The highest BCUT2D eigenvalue weighted by Gasteiger charge is 2.15. The molecule has 1 aromatic carbocycles. The van der Waals surface area contributed by atoms with E-state index in [4.69, 9.17) is 4.52 Å². The van der Waals surface area contributed by atoms with Gasteiger partial charge in [-0.05, 0) is 19.8 Å². The highest BCUT2D eigenvalue weighted by Crippen LogP contribution is 2.20. The number of carbonyl (C=O) groups excluding carboxylic acids is 1. The van der Waals surface area contributed by atoms with E-state index in [-0.39, 0.29) is 6.03 Å². The van der Waals surface area contributed by atoms with Crippen LogP contribution in [0, 0.1) is 6.92 Å². The molecule has 23 heavy (non-hydrogen) atoms. The molecule has 2 aromatic rings. The number of nitrogens with one attached hydrogen (secondary N) is 2. The van der Waals surface area contributed by atoms with Crippen molar-refractivity contribution >= 4 is 6.03 Å². The van der Waals surface area contributed by atoms with Crippen molar-refractivity contribution in [3.63, 3.8) is 0 Å². The van der Waals surface area contributed by atoms with Gasteiger partial charge in [-0.1, -0.05) is 54.2 Å². The van der Waals surface area contributed by atoms with Gasteiger partial charge in [-0.3, -0.25) is 0 Å². The second kappa shape index (κ2) is 7.31. The fourth-order valence-electron chi connectivity index (χ4n) is 2.91. The molecule has 3 rings (SSSR count). The predicted molar refractivity (Wildman–Crippen MR) is 88.9 cm³/mol. The number of amides is 2. The second-order valence-electron chi connectivity index (χ2n) is 6.21. The molecule has 0 atom stereocenters. The Morgan fingerprint density at radius 2 is 1.96 bits per heavy atom. The third-order valence-electron chi connectivity index (χ3n) is 4.27. The number of hydrogen-bond donors (Lipinski definition) is 2. The van der Waals surface area contributed by atoms with Crippen LogP contribution in [0.3, 0.4) is 0 Å². The van der Waals surface area contributed by atoms with Crippen LogP contribution in [0.4, 0.5) is 4.79 Å². The molecule has 0 bridgehead atoms. The van der Waals surface area contributed by atoms with E-state index < -0.39 is 0 Å². The zero-order chi connectivity index (χ0) is 16.1. The van der Waals surface area contributed by atoms with E-state index in [0.717, 1.165) is 24.1 Å². The Morgan fingerprint density at radius 3 is 2.70 bits per heavy atom. The normalized spacial score (nSPS) is 15.3. The predicted octanol–water partition coefficient (Wildman–Crippen LogP) is 3.78. The molecule has 1 heterocycles. The maximum absolute atomic E-state index is 11.9. The van der Waals surface area contributed by atoms with Crippen molar-refractivity contribution in [2.24, 2.45) is 0 Å². The summed E-state index contributed by atoms with van der Waals surface area (Å²) in [6.45, 7) is 2.39. The van der Waals surface area contributed by atoms with Crippen LogP contribution in [0.5, 0.6) is 0 Å². The molecular formula is C18H23N3O2. The van der Waals surface area contributed by atoms with Gasteiger partial charge in [0.15, 0.2) is 5.76 Å². The molecule has 1 aromatic heterocycles. The zero-order valence-electron chi connectivity index (χ0n) is 13.5. The number of nitrogens with zero attached hydrogens (tertiary/aromatic N) is 1. The largest absolute Gasteiger partial charge is 0.359 e. The summed E-state index contributed by atoms with van der Waals surface area (Å²) in [7, 11) is 0. The molecule has 5 heteroatoms. The van der Waals surface area contributed by atoms with E-state index in [1.807, 2.05) is 37.3 Å². The fraction of sp³-hybridized carbons (Fsp3) is 0.444. The highest BCUT2D eigenvalue weighted by atomic mass is 16.5. The molecular weight excluding hydrogens is 290 g/mol. The molecule has 0 saturated heterocycles. The number of urea groups is 1. The number of hydrogen-bond acceptors (Lipinski definition) is 3. The SMILES string of the molecule is Cc1ccc(-c2cc(CNC(=O)NC3CCCCC3)on2)cc1. The summed E-state index contributed by atoms with van der Waals surface area (Å²) in [6, 6.07) is 10.2. The van der Waals surface area contributed by atoms with E-state index >= 15 is 0 Å². The lowest BCUT2D eigenvalue weighted by atomic mass is 9.96. The Balaban J connectivity index is 1.50. The summed E-state index contributed by atoms with van der Waals surface area (Å²) >= 11 is 0. The maximum Gasteiger partial charge on any atom is 0.315 e. The van der Waals surface area contributed by atoms with Crippen LogP contribution in [-0.2, 0) is 6.54 Å². The van der Waals surface area contributed by atoms with Crippen molar-refractivity contribution in [1.29, 1.82) is 0 Å². The highest BCUT2D eigenvalue weighted by molar-refractivity contribution is 5.74. The maximum atomic E-state index is 11.9. The first-order chi connectivity index (χ1) is 11.2. The van der Waals surface area contributed by atoms with Crippen LogP contribution in [0.25, 0.3) is 11.3 Å². The number of carbonyl (C=O) groups is 1. The van der Waals surface area contributed by atoms with E-state index in [1.165, 1.54) is 24.8 Å². The molecule has 2 amide bonds. The van der Waals surface area contributed by atoms with E-state index in [0.29, 0.717) is 18.3 Å². The molecule has 0 unspecified atom stereocenters. The van der Waals surface area contributed by atoms with Gasteiger partial charge in [0.1, 0.15) is 5.69 Å². The van der Waals surface area contributed by atoms with Crippen molar-refractivity contribution in [2.75, 3.05) is 0 Å². The molecule has 1 fully saturated rings. The van der Waals surface area contributed by atoms with Crippen molar-refractivity contribution in [3.05, 3.63) is 41.7 Å². The quantitative estimate of drug-likeness (QED) is 0.902. The smallest absolute Gasteiger partial charge is 0.315 e. The summed E-state index contributed by atoms with van der Waals surface area (Å²) in [4.78, 5) is 11.9. The Kier molecular flexibility index (Phi) is 4.95. The average molecular weight is 313 g/mol. The third-order valence-corrected chi connectivity index (χ3v) is 4.27. The van der Waals surface area contributed by atoms with E-state index in [9.17, 15) is 4.79 Å². The van der Waals surface area contributed by atoms with Crippen molar-refractivity contribution < 1.29 is 9.32 Å². The number of aryl methyl sites for hydroxylation is 1. The number of rotatable bonds is 4. The van der Waals surface area contributed by atoms with Gasteiger partial charge in [0.25, 0.3) is 0 Å². The molecule has 1 aliphatic rings. The van der Waals surface area contributed by atoms with Crippen LogP contribution in [0.1, 0.15) is 43.4 Å². The lowest BCUT2D eigenvalue weighted by molar-refractivity contribution is 0.230. The first-order valence-corrected chi connectivity index (χ1v) is 8.28. The lowest BCUT2D eigenvalue weighted by Gasteiger charge is -2.22. The Hall–Kier alpha value is -2.30. The van der Waals surface area contributed by atoms with Gasteiger partial charge in [-0.2, -0.15) is 0 Å². The zero-order valence-corrected chi connectivity index (χ0v) is 13.5. The molecule has 1 aliphatic carbocycles. The van der Waals surface area contributed by atoms with Gasteiger partial charge in [0.05, 0.1) is 6.54 Å². The Labute approximate surface area is 136 Å². The average Bonchev–Trinajstić information content (AvgIpc) is 3.04. The van der Waals surface area contributed by atoms with Crippen LogP contribution in [-0.4, -0.2) is 17.2 Å². The molecule has 122 valence electrons. The number of aromatic nitrogens is 1. The Morgan fingerprint density at radius 1 is 1.22 bits per heavy atom. The fourth-order valence-corrected chi connectivity index (χ4v) is 2.91. The van der Waals surface area contributed by atoms with Crippen LogP contribution >= 0.6 is 0 Å². The van der Waals surface area contributed by atoms with Crippen molar-refractivity contribution in [2.45, 2.75) is 51.6 Å². The van der Waals surface area contributed by atoms with Gasteiger partial charge in [0.2, 0.25) is 0 Å². The van der Waals surface area contributed by atoms with Crippen molar-refractivity contribution in [3.8, 4) is 11.3 Å². The van der Waals surface area contributed by atoms with E-state index in [1.54, 1.807) is 0 Å². The summed E-state index contributed by atoms with van der Waals surface area (Å²) in [5, 5.41) is 9.92. The molecule has 0 spiro atoms. The third kappa shape index (κ3) is 4.34. The minimum absolute atomic E-state index is 0.134. The monoisotopic (exact) mass is 313 g/mol. The summed E-state index contributed by atoms with van der Waals surface area (Å²) in [5.74, 6) is 0.652. The number of benzene rings is 1. The van der Waals surface area contributed by atoms with Gasteiger partial charge < -0.3 is 15.2 Å². The van der Waals surface area contributed by atoms with E-state index in [2.05, 4.69) is 15.8 Å². The molecule has 5 nitrogen and oxygen atoms in total. The minimum Gasteiger partial charge on any atom is -0.359 e. The van der Waals surface area contributed by atoms with Crippen LogP contribution in [0.2, 0.25) is 0 Å². The topological polar surface area (TPSA) is 67.2 Å². The molecule has 1 saturated carbocycles. The van der Waals surface area contributed by atoms with Gasteiger partial charge >= 0.3 is 6.03 Å². The van der Waals surface area contributed by atoms with Gasteiger partial charge in [-0.25, -0.2) is 4.79 Å². The summed E-state index contributed by atoms with van der Waals surface area (Å²) in [6.07, 6.45) is 5.83. The molecule has 0 aliphatic heterocycles. The second-order valence-corrected chi connectivity index (χ2v) is 6.21. The molecule has 0 radical (unpaired) electrons.